The Kier molecular flexibility index (Phi) is 1.01. The van der Waals surface area contributed by atoms with Crippen LogP contribution in [0, 0.1) is 0 Å². The molecule has 0 saturated heterocycles. The van der Waals surface area contributed by atoms with Gasteiger partial charge in [0.1, 0.15) is 0 Å². The molecule has 1 aromatic rings. The monoisotopic (exact) mass is 160 g/mol. The van der Waals surface area contributed by atoms with Crippen molar-refractivity contribution >= 4 is 0 Å². The summed E-state index contributed by atoms with van der Waals surface area (Å²) in [6.07, 6.45) is 2.59. The smallest absolute Gasteiger partial charge is 0.0479 e. The lowest BCUT2D eigenvalue weighted by atomic mass is 9.88. The highest BCUT2D eigenvalue weighted by molar-refractivity contribution is 5.40. The van der Waals surface area contributed by atoms with Gasteiger partial charge in [-0.1, -0.05) is 24.3 Å². The van der Waals surface area contributed by atoms with E-state index in [2.05, 4.69) is 23.5 Å². The summed E-state index contributed by atoms with van der Waals surface area (Å²) >= 11 is 0. The molecule has 1 nitrogen and oxygen atoms in total. The molecule has 2 aliphatic rings. The van der Waals surface area contributed by atoms with Crippen molar-refractivity contribution in [3.63, 3.8) is 0 Å². The molecule has 1 aliphatic carbocycles. The summed E-state index contributed by atoms with van der Waals surface area (Å²) in [4.78, 5) is 0. The summed E-state index contributed by atoms with van der Waals surface area (Å²) in [6.45, 7) is 0.792. The highest BCUT2D eigenvalue weighted by Crippen LogP contribution is 2.50. The number of fused-ring (bicyclic) bond motifs is 2. The van der Waals surface area contributed by atoms with Gasteiger partial charge in [0.2, 0.25) is 0 Å². The van der Waals surface area contributed by atoms with Crippen molar-refractivity contribution in [2.75, 3.05) is 6.54 Å². The molecule has 1 fully saturated rings. The fourth-order valence-electron chi connectivity index (χ4n) is 2.15. The molecular weight excluding hydrogens is 146 g/mol. The van der Waals surface area contributed by atoms with Gasteiger partial charge in [-0.25, -0.2) is 0 Å². The van der Waals surface area contributed by atoms with Crippen molar-refractivity contribution in [2.45, 2.75) is 24.8 Å². The number of rotatable bonds is 0. The summed E-state index contributed by atoms with van der Waals surface area (Å²) in [5, 5.41) is 3.26. The van der Waals surface area contributed by atoms with E-state index in [-0.39, 0.29) is 6.52 Å². The van der Waals surface area contributed by atoms with Crippen LogP contribution in [0.25, 0.3) is 0 Å². The predicted octanol–water partition coefficient (Wildman–Crippen LogP) is 1.82. The molecule has 1 heterocycles. The highest BCUT2D eigenvalue weighted by atomic mass is 14.9. The normalized spacial score (nSPS) is 31.0. The molecule has 0 radical (unpaired) electrons. The SMILES string of the molecule is [2H]C1NCC2(CC2)c2ccccc21. The van der Waals surface area contributed by atoms with Crippen LogP contribution in [0.2, 0.25) is 0 Å². The van der Waals surface area contributed by atoms with Crippen LogP contribution in [0.4, 0.5) is 0 Å². The molecule has 1 heteroatoms. The molecule has 1 aliphatic heterocycles. The van der Waals surface area contributed by atoms with E-state index in [1.165, 1.54) is 24.0 Å². The summed E-state index contributed by atoms with van der Waals surface area (Å²) in [5.74, 6) is 0. The van der Waals surface area contributed by atoms with E-state index < -0.39 is 0 Å². The van der Waals surface area contributed by atoms with Crippen molar-refractivity contribution in [1.29, 1.82) is 0 Å². The maximum absolute atomic E-state index is 7.85. The molecule has 12 heavy (non-hydrogen) atoms. The van der Waals surface area contributed by atoms with E-state index in [0.717, 1.165) is 6.54 Å². The second-order valence-electron chi connectivity index (χ2n) is 3.89. The minimum Gasteiger partial charge on any atom is -0.312 e. The van der Waals surface area contributed by atoms with E-state index in [0.29, 0.717) is 5.41 Å². The second-order valence-corrected chi connectivity index (χ2v) is 3.89. The zero-order chi connectivity index (χ0) is 8.89. The van der Waals surface area contributed by atoms with Crippen molar-refractivity contribution in [3.8, 4) is 0 Å². The third kappa shape index (κ3) is 0.774. The third-order valence-electron chi connectivity index (χ3n) is 3.08. The summed E-state index contributed by atoms with van der Waals surface area (Å²) in [6, 6.07) is 8.41. The maximum Gasteiger partial charge on any atom is 0.0479 e. The van der Waals surface area contributed by atoms with Crippen molar-refractivity contribution in [2.24, 2.45) is 0 Å². The third-order valence-corrected chi connectivity index (χ3v) is 3.08. The molecule has 0 amide bonds. The minimum absolute atomic E-state index is 0.206. The summed E-state index contributed by atoms with van der Waals surface area (Å²) < 4.78 is 7.85. The Morgan fingerprint density at radius 3 is 3.00 bits per heavy atom. The topological polar surface area (TPSA) is 12.0 Å². The van der Waals surface area contributed by atoms with Gasteiger partial charge in [-0.15, -0.1) is 0 Å². The lowest BCUT2D eigenvalue weighted by Gasteiger charge is -2.25. The van der Waals surface area contributed by atoms with Gasteiger partial charge in [-0.3, -0.25) is 0 Å². The van der Waals surface area contributed by atoms with Crippen LogP contribution in [-0.4, -0.2) is 6.54 Å². The molecule has 1 unspecified atom stereocenters. The lowest BCUT2D eigenvalue weighted by molar-refractivity contribution is 0.531. The first kappa shape index (κ1) is 5.76. The molecule has 1 saturated carbocycles. The van der Waals surface area contributed by atoms with Crippen molar-refractivity contribution in [3.05, 3.63) is 35.4 Å². The average Bonchev–Trinajstić information content (AvgIpc) is 2.94. The van der Waals surface area contributed by atoms with Crippen LogP contribution in [0.3, 0.4) is 0 Å². The van der Waals surface area contributed by atoms with Crippen molar-refractivity contribution < 1.29 is 1.37 Å². The van der Waals surface area contributed by atoms with Gasteiger partial charge in [0, 0.05) is 19.9 Å². The van der Waals surface area contributed by atoms with Gasteiger partial charge in [0.05, 0.1) is 0 Å². The summed E-state index contributed by atoms with van der Waals surface area (Å²) in [5.41, 5.74) is 3.02. The molecule has 1 aromatic carbocycles. The van der Waals surface area contributed by atoms with Crippen molar-refractivity contribution in [1.82, 2.24) is 5.32 Å². The van der Waals surface area contributed by atoms with Crippen LogP contribution < -0.4 is 5.32 Å². The standard InChI is InChI=1S/C11H13N/c1-2-4-10-9(3-1)7-12-8-11(10)5-6-11/h1-4,12H,5-8H2/i7D. The van der Waals surface area contributed by atoms with E-state index in [1.54, 1.807) is 0 Å². The average molecular weight is 160 g/mol. The highest BCUT2D eigenvalue weighted by Gasteiger charge is 2.46. The second kappa shape index (κ2) is 2.11. The molecule has 1 atom stereocenters. The zero-order valence-corrected chi connectivity index (χ0v) is 7.01. The number of hydrogen-bond donors (Lipinski definition) is 1. The largest absolute Gasteiger partial charge is 0.312 e. The van der Waals surface area contributed by atoms with Gasteiger partial charge in [-0.05, 0) is 24.0 Å². The van der Waals surface area contributed by atoms with E-state index in [1.807, 2.05) is 6.07 Å². The fourth-order valence-corrected chi connectivity index (χ4v) is 2.15. The van der Waals surface area contributed by atoms with Crippen LogP contribution in [0.5, 0.6) is 0 Å². The zero-order valence-electron chi connectivity index (χ0n) is 8.01. The number of benzene rings is 1. The van der Waals surface area contributed by atoms with Gasteiger partial charge in [-0.2, -0.15) is 0 Å². The molecule has 1 spiro atoms. The molecule has 62 valence electrons. The number of hydrogen-bond acceptors (Lipinski definition) is 1. The Balaban J connectivity index is 2.16. The van der Waals surface area contributed by atoms with Gasteiger partial charge in [0.25, 0.3) is 0 Å². The lowest BCUT2D eigenvalue weighted by Crippen LogP contribution is -2.33. The Bertz CT molecular complexity index is 344. The van der Waals surface area contributed by atoms with Crippen LogP contribution in [0.15, 0.2) is 24.3 Å². The molecular formula is C11H13N. The van der Waals surface area contributed by atoms with Gasteiger partial charge in [0.15, 0.2) is 0 Å². The maximum atomic E-state index is 7.85. The Morgan fingerprint density at radius 1 is 1.33 bits per heavy atom. The van der Waals surface area contributed by atoms with Crippen LogP contribution in [-0.2, 0) is 11.9 Å². The number of nitrogens with one attached hydrogen (secondary N) is 1. The first-order valence-corrected chi connectivity index (χ1v) is 4.57. The Labute approximate surface area is 74.2 Å². The summed E-state index contributed by atoms with van der Waals surface area (Å²) in [7, 11) is 0. The fraction of sp³-hybridized carbons (Fsp3) is 0.455. The predicted molar refractivity (Wildman–Crippen MR) is 49.1 cm³/mol. The molecule has 1 N–H and O–H groups in total. The quantitative estimate of drug-likeness (QED) is 0.610. The Morgan fingerprint density at radius 2 is 2.17 bits per heavy atom. The first-order valence-electron chi connectivity index (χ1n) is 5.15. The van der Waals surface area contributed by atoms with E-state index in [9.17, 15) is 0 Å². The first-order chi connectivity index (χ1) is 6.32. The molecule has 3 rings (SSSR count). The molecule has 0 bridgehead atoms. The van der Waals surface area contributed by atoms with Gasteiger partial charge < -0.3 is 5.32 Å². The molecule has 0 aromatic heterocycles. The van der Waals surface area contributed by atoms with Gasteiger partial charge >= 0.3 is 0 Å². The van der Waals surface area contributed by atoms with E-state index in [4.69, 9.17) is 1.37 Å². The van der Waals surface area contributed by atoms with E-state index >= 15 is 0 Å². The van der Waals surface area contributed by atoms with Crippen LogP contribution >= 0.6 is 0 Å². The Hall–Kier alpha value is -0.820. The minimum atomic E-state index is -0.206. The van der Waals surface area contributed by atoms with Crippen LogP contribution in [0.1, 0.15) is 25.3 Å².